The summed E-state index contributed by atoms with van der Waals surface area (Å²) in [5.41, 5.74) is 1.69. The summed E-state index contributed by atoms with van der Waals surface area (Å²) in [7, 11) is 0. The Labute approximate surface area is 167 Å². The van der Waals surface area contributed by atoms with E-state index in [1.165, 1.54) is 18.2 Å². The zero-order chi connectivity index (χ0) is 20.8. The van der Waals surface area contributed by atoms with Crippen molar-refractivity contribution in [3.05, 3.63) is 105 Å². The lowest BCUT2D eigenvalue weighted by atomic mass is 10.0. The van der Waals surface area contributed by atoms with Gasteiger partial charge >= 0.3 is 5.69 Å². The van der Waals surface area contributed by atoms with Crippen molar-refractivity contribution in [3.63, 3.8) is 0 Å². The van der Waals surface area contributed by atoms with Crippen molar-refractivity contribution in [2.45, 2.75) is 13.5 Å². The van der Waals surface area contributed by atoms with Crippen molar-refractivity contribution >= 4 is 17.5 Å². The molecule has 0 saturated carbocycles. The minimum atomic E-state index is -0.712. The van der Waals surface area contributed by atoms with E-state index in [0.717, 1.165) is 11.1 Å². The molecule has 3 aromatic rings. The normalized spacial score (nSPS) is 10.8. The lowest BCUT2D eigenvalue weighted by molar-refractivity contribution is -0.385. The van der Waals surface area contributed by atoms with Crippen molar-refractivity contribution in [3.8, 4) is 11.5 Å². The number of carbonyl (C=O) groups is 1. The maximum atomic E-state index is 12.5. The molecular weight excluding hydrogens is 370 g/mol. The van der Waals surface area contributed by atoms with Crippen LogP contribution in [0.3, 0.4) is 0 Å². The third-order valence-corrected chi connectivity index (χ3v) is 4.23. The number of nitro groups is 1. The molecule has 0 heterocycles. The number of hydrogen-bond donors (Lipinski definition) is 1. The Morgan fingerprint density at radius 1 is 1.10 bits per heavy atom. The average Bonchev–Trinajstić information content (AvgIpc) is 2.73. The Morgan fingerprint density at radius 3 is 2.59 bits per heavy atom. The molecule has 0 amide bonds. The van der Waals surface area contributed by atoms with Gasteiger partial charge in [0, 0.05) is 6.07 Å². The fourth-order valence-corrected chi connectivity index (χ4v) is 2.80. The summed E-state index contributed by atoms with van der Waals surface area (Å²) in [6, 6.07) is 19.6. The lowest BCUT2D eigenvalue weighted by Gasteiger charge is -2.07. The Bertz CT molecular complexity index is 1070. The molecule has 0 aliphatic carbocycles. The summed E-state index contributed by atoms with van der Waals surface area (Å²) in [6.07, 6.45) is 2.85. The van der Waals surface area contributed by atoms with Gasteiger partial charge in [0.1, 0.15) is 12.4 Å². The van der Waals surface area contributed by atoms with E-state index in [1.807, 2.05) is 36.4 Å². The van der Waals surface area contributed by atoms with Crippen LogP contribution in [0.2, 0.25) is 0 Å². The van der Waals surface area contributed by atoms with Gasteiger partial charge < -0.3 is 9.84 Å². The van der Waals surface area contributed by atoms with Gasteiger partial charge in [-0.2, -0.15) is 0 Å². The molecule has 0 saturated heterocycles. The molecular formula is C23H19NO5. The largest absolute Gasteiger partial charge is 0.502 e. The highest BCUT2D eigenvalue weighted by molar-refractivity contribution is 6.09. The van der Waals surface area contributed by atoms with Gasteiger partial charge in [-0.3, -0.25) is 14.9 Å². The maximum Gasteiger partial charge on any atom is 0.311 e. The zero-order valence-electron chi connectivity index (χ0n) is 15.7. The molecule has 1 N–H and O–H groups in total. The van der Waals surface area contributed by atoms with Crippen LogP contribution in [-0.2, 0) is 6.61 Å². The van der Waals surface area contributed by atoms with Crippen LogP contribution in [0.5, 0.6) is 11.5 Å². The number of nitro benzene ring substituents is 1. The number of benzene rings is 3. The van der Waals surface area contributed by atoms with E-state index in [2.05, 4.69) is 0 Å². The molecule has 0 aliphatic heterocycles. The van der Waals surface area contributed by atoms with E-state index < -0.39 is 22.1 Å². The lowest BCUT2D eigenvalue weighted by Crippen LogP contribution is -1.99. The van der Waals surface area contributed by atoms with E-state index >= 15 is 0 Å². The molecule has 0 unspecified atom stereocenters. The Morgan fingerprint density at radius 2 is 1.86 bits per heavy atom. The second kappa shape index (κ2) is 8.84. The second-order valence-corrected chi connectivity index (χ2v) is 6.48. The van der Waals surface area contributed by atoms with Gasteiger partial charge in [-0.1, -0.05) is 48.5 Å². The molecule has 6 heteroatoms. The topological polar surface area (TPSA) is 89.7 Å². The molecule has 0 spiro atoms. The van der Waals surface area contributed by atoms with Gasteiger partial charge in [0.25, 0.3) is 0 Å². The SMILES string of the molecule is Cc1cc(C(=O)C=Cc2cccc(OCc3ccccc3)c2)c(O)c([N+](=O)[O-])c1. The van der Waals surface area contributed by atoms with Crippen LogP contribution in [0.1, 0.15) is 27.0 Å². The van der Waals surface area contributed by atoms with E-state index in [0.29, 0.717) is 17.9 Å². The van der Waals surface area contributed by atoms with Crippen LogP contribution in [0.15, 0.2) is 72.8 Å². The summed E-state index contributed by atoms with van der Waals surface area (Å²) in [4.78, 5) is 22.8. The standard InChI is InChI=1S/C23H19NO5/c1-16-12-20(23(26)21(13-16)24(27)28)22(25)11-10-17-8-5-9-19(14-17)29-15-18-6-3-2-4-7-18/h2-14,26H,15H2,1H3. The summed E-state index contributed by atoms with van der Waals surface area (Å²) in [5, 5.41) is 21.1. The van der Waals surface area contributed by atoms with E-state index in [1.54, 1.807) is 31.2 Å². The Kier molecular flexibility index (Phi) is 6.04. The Balaban J connectivity index is 1.75. The maximum absolute atomic E-state index is 12.5. The molecule has 0 bridgehead atoms. The first-order valence-electron chi connectivity index (χ1n) is 8.91. The van der Waals surface area contributed by atoms with E-state index in [9.17, 15) is 20.0 Å². The minimum Gasteiger partial charge on any atom is -0.502 e. The highest BCUT2D eigenvalue weighted by Gasteiger charge is 2.21. The van der Waals surface area contributed by atoms with Crippen molar-refractivity contribution in [2.75, 3.05) is 0 Å². The molecule has 6 nitrogen and oxygen atoms in total. The highest BCUT2D eigenvalue weighted by Crippen LogP contribution is 2.31. The van der Waals surface area contributed by atoms with Crippen LogP contribution in [0, 0.1) is 17.0 Å². The number of aromatic hydroxyl groups is 1. The first kappa shape index (κ1) is 19.8. The third kappa shape index (κ3) is 5.07. The monoisotopic (exact) mass is 389 g/mol. The number of hydrogen-bond acceptors (Lipinski definition) is 5. The number of allylic oxidation sites excluding steroid dienone is 1. The fraction of sp³-hybridized carbons (Fsp3) is 0.0870. The van der Waals surface area contributed by atoms with Crippen LogP contribution in [0.25, 0.3) is 6.08 Å². The number of nitrogens with zero attached hydrogens (tertiary/aromatic N) is 1. The van der Waals surface area contributed by atoms with Crippen LogP contribution in [0.4, 0.5) is 5.69 Å². The zero-order valence-corrected chi connectivity index (χ0v) is 15.7. The predicted octanol–water partition coefficient (Wildman–Crippen LogP) is 5.08. The molecule has 3 aromatic carbocycles. The number of ether oxygens (including phenoxy) is 1. The highest BCUT2D eigenvalue weighted by atomic mass is 16.6. The fourth-order valence-electron chi connectivity index (χ4n) is 2.80. The third-order valence-electron chi connectivity index (χ3n) is 4.23. The van der Waals surface area contributed by atoms with Crippen LogP contribution < -0.4 is 4.74 Å². The smallest absolute Gasteiger partial charge is 0.311 e. The molecule has 0 atom stereocenters. The molecule has 0 aromatic heterocycles. The van der Waals surface area contributed by atoms with Crippen molar-refractivity contribution < 1.29 is 19.6 Å². The van der Waals surface area contributed by atoms with Crippen molar-refractivity contribution in [1.82, 2.24) is 0 Å². The van der Waals surface area contributed by atoms with Gasteiger partial charge in [-0.05, 0) is 47.9 Å². The summed E-state index contributed by atoms with van der Waals surface area (Å²) in [5.74, 6) is -0.502. The van der Waals surface area contributed by atoms with Gasteiger partial charge in [0.05, 0.1) is 10.5 Å². The van der Waals surface area contributed by atoms with Crippen LogP contribution in [-0.4, -0.2) is 15.8 Å². The van der Waals surface area contributed by atoms with E-state index in [-0.39, 0.29) is 5.56 Å². The average molecular weight is 389 g/mol. The molecule has 3 rings (SSSR count). The Hall–Kier alpha value is -3.93. The molecule has 146 valence electrons. The first-order chi connectivity index (χ1) is 13.9. The number of rotatable bonds is 7. The molecule has 0 fully saturated rings. The second-order valence-electron chi connectivity index (χ2n) is 6.48. The van der Waals surface area contributed by atoms with Crippen molar-refractivity contribution in [2.24, 2.45) is 0 Å². The minimum absolute atomic E-state index is 0.107. The van der Waals surface area contributed by atoms with Gasteiger partial charge in [0.2, 0.25) is 5.75 Å². The molecule has 0 radical (unpaired) electrons. The summed E-state index contributed by atoms with van der Waals surface area (Å²) < 4.78 is 5.77. The van der Waals surface area contributed by atoms with Crippen molar-refractivity contribution in [1.29, 1.82) is 0 Å². The first-order valence-corrected chi connectivity index (χ1v) is 8.91. The molecule has 0 aliphatic rings. The predicted molar refractivity (Wildman–Crippen MR) is 110 cm³/mol. The number of phenols is 1. The number of phenolic OH excluding ortho intramolecular Hbond substituents is 1. The number of carbonyl (C=O) groups excluding carboxylic acids is 1. The number of ketones is 1. The van der Waals surface area contributed by atoms with Gasteiger partial charge in [-0.25, -0.2) is 0 Å². The summed E-state index contributed by atoms with van der Waals surface area (Å²) in [6.45, 7) is 2.05. The quantitative estimate of drug-likeness (QED) is 0.263. The van der Waals surface area contributed by atoms with Gasteiger partial charge in [0.15, 0.2) is 5.78 Å². The van der Waals surface area contributed by atoms with E-state index in [4.69, 9.17) is 4.74 Å². The van der Waals surface area contributed by atoms with Crippen LogP contribution >= 0.6 is 0 Å². The van der Waals surface area contributed by atoms with Gasteiger partial charge in [-0.15, -0.1) is 0 Å². The molecule has 29 heavy (non-hydrogen) atoms. The number of aryl methyl sites for hydroxylation is 1. The summed E-state index contributed by atoms with van der Waals surface area (Å²) >= 11 is 0.